The first-order valence-electron chi connectivity index (χ1n) is 6.58. The summed E-state index contributed by atoms with van der Waals surface area (Å²) in [7, 11) is 0. The predicted octanol–water partition coefficient (Wildman–Crippen LogP) is -0.0975. The van der Waals surface area contributed by atoms with Crippen molar-refractivity contribution < 1.29 is 4.79 Å². The maximum absolute atomic E-state index is 11.9. The molecular formula is C12H21N3O. The average Bonchev–Trinajstić information content (AvgIpc) is 3.07. The van der Waals surface area contributed by atoms with E-state index in [2.05, 4.69) is 15.1 Å². The number of amides is 1. The molecule has 4 heteroatoms. The molecule has 1 amide bonds. The highest BCUT2D eigenvalue weighted by Crippen LogP contribution is 2.32. The van der Waals surface area contributed by atoms with Crippen LogP contribution in [-0.4, -0.2) is 61.0 Å². The molecule has 1 saturated carbocycles. The molecule has 4 nitrogen and oxygen atoms in total. The zero-order valence-electron chi connectivity index (χ0n) is 9.82. The van der Waals surface area contributed by atoms with Crippen molar-refractivity contribution in [3.8, 4) is 0 Å². The van der Waals surface area contributed by atoms with Crippen LogP contribution >= 0.6 is 0 Å². The highest BCUT2D eigenvalue weighted by Gasteiger charge is 2.37. The second-order valence-corrected chi connectivity index (χ2v) is 5.29. The van der Waals surface area contributed by atoms with Crippen molar-refractivity contribution in [1.82, 2.24) is 15.1 Å². The first kappa shape index (κ1) is 10.5. The molecule has 3 fully saturated rings. The van der Waals surface area contributed by atoms with Gasteiger partial charge in [-0.1, -0.05) is 0 Å². The first-order chi connectivity index (χ1) is 7.84. The summed E-state index contributed by atoms with van der Waals surface area (Å²) in [6, 6.07) is 0.629. The molecule has 1 aliphatic carbocycles. The lowest BCUT2D eigenvalue weighted by molar-refractivity contribution is -0.131. The lowest BCUT2D eigenvalue weighted by Gasteiger charge is -2.32. The number of hydrogen-bond acceptors (Lipinski definition) is 3. The van der Waals surface area contributed by atoms with Crippen LogP contribution < -0.4 is 5.32 Å². The molecule has 3 rings (SSSR count). The van der Waals surface area contributed by atoms with Gasteiger partial charge < -0.3 is 10.2 Å². The third-order valence-corrected chi connectivity index (χ3v) is 4.07. The monoisotopic (exact) mass is 223 g/mol. The van der Waals surface area contributed by atoms with Gasteiger partial charge in [-0.25, -0.2) is 0 Å². The van der Waals surface area contributed by atoms with Crippen molar-refractivity contribution in [3.05, 3.63) is 0 Å². The van der Waals surface area contributed by atoms with Gasteiger partial charge in [0.05, 0.1) is 0 Å². The minimum atomic E-state index is 0.391. The molecule has 16 heavy (non-hydrogen) atoms. The van der Waals surface area contributed by atoms with Crippen LogP contribution in [0.5, 0.6) is 0 Å². The fraction of sp³-hybridized carbons (Fsp3) is 0.917. The molecule has 2 saturated heterocycles. The molecule has 0 aromatic carbocycles. The number of hydrogen-bond donors (Lipinski definition) is 1. The summed E-state index contributed by atoms with van der Waals surface area (Å²) in [5.41, 5.74) is 0. The first-order valence-corrected chi connectivity index (χ1v) is 6.58. The fourth-order valence-electron chi connectivity index (χ4n) is 2.88. The van der Waals surface area contributed by atoms with E-state index in [9.17, 15) is 4.79 Å². The van der Waals surface area contributed by atoms with Gasteiger partial charge in [0.25, 0.3) is 0 Å². The molecule has 1 atom stereocenters. The zero-order valence-corrected chi connectivity index (χ0v) is 9.82. The molecule has 3 aliphatic rings. The van der Waals surface area contributed by atoms with Crippen LogP contribution in [0.15, 0.2) is 0 Å². The van der Waals surface area contributed by atoms with E-state index in [-0.39, 0.29) is 0 Å². The number of rotatable bonds is 2. The van der Waals surface area contributed by atoms with E-state index in [0.717, 1.165) is 52.1 Å². The number of nitrogens with one attached hydrogen (secondary N) is 1. The molecular weight excluding hydrogens is 202 g/mol. The van der Waals surface area contributed by atoms with Crippen LogP contribution in [0.1, 0.15) is 19.3 Å². The van der Waals surface area contributed by atoms with E-state index >= 15 is 0 Å². The second-order valence-electron chi connectivity index (χ2n) is 5.29. The molecule has 1 N–H and O–H groups in total. The van der Waals surface area contributed by atoms with Crippen molar-refractivity contribution in [2.75, 3.05) is 39.3 Å². The largest absolute Gasteiger partial charge is 0.341 e. The maximum atomic E-state index is 11.9. The van der Waals surface area contributed by atoms with E-state index < -0.39 is 0 Å². The number of piperazine rings is 1. The van der Waals surface area contributed by atoms with E-state index in [1.54, 1.807) is 0 Å². The summed E-state index contributed by atoms with van der Waals surface area (Å²) >= 11 is 0. The summed E-state index contributed by atoms with van der Waals surface area (Å²) in [4.78, 5) is 16.6. The van der Waals surface area contributed by atoms with Gasteiger partial charge in [0.15, 0.2) is 0 Å². The Morgan fingerprint density at radius 1 is 1.06 bits per heavy atom. The van der Waals surface area contributed by atoms with Crippen LogP contribution in [0.25, 0.3) is 0 Å². The van der Waals surface area contributed by atoms with Crippen molar-refractivity contribution >= 4 is 5.91 Å². The third-order valence-electron chi connectivity index (χ3n) is 4.07. The van der Waals surface area contributed by atoms with E-state index in [0.29, 0.717) is 17.9 Å². The van der Waals surface area contributed by atoms with Gasteiger partial charge in [-0.3, -0.25) is 9.69 Å². The van der Waals surface area contributed by atoms with E-state index in [1.807, 2.05) is 0 Å². The van der Waals surface area contributed by atoms with Gasteiger partial charge in [0.2, 0.25) is 5.91 Å². The highest BCUT2D eigenvalue weighted by molar-refractivity contribution is 5.81. The molecule has 0 spiro atoms. The summed E-state index contributed by atoms with van der Waals surface area (Å²) in [6.45, 7) is 6.48. The Morgan fingerprint density at radius 3 is 2.50 bits per heavy atom. The second kappa shape index (κ2) is 4.34. The standard InChI is InChI=1S/C12H21N3O/c16-12(10-1-2-10)15-6-3-11(9-15)14-7-4-13-5-8-14/h10-11,13H,1-9H2. The Morgan fingerprint density at radius 2 is 1.81 bits per heavy atom. The lowest BCUT2D eigenvalue weighted by atomic mass is 10.2. The number of nitrogens with zero attached hydrogens (tertiary/aromatic N) is 2. The van der Waals surface area contributed by atoms with Crippen molar-refractivity contribution in [3.63, 3.8) is 0 Å². The number of carbonyl (C=O) groups excluding carboxylic acids is 1. The normalized spacial score (nSPS) is 32.0. The average molecular weight is 223 g/mol. The number of carbonyl (C=O) groups is 1. The minimum Gasteiger partial charge on any atom is -0.341 e. The predicted molar refractivity (Wildman–Crippen MR) is 62.2 cm³/mol. The van der Waals surface area contributed by atoms with Crippen molar-refractivity contribution in [2.45, 2.75) is 25.3 Å². The van der Waals surface area contributed by atoms with Crippen LogP contribution in [0.4, 0.5) is 0 Å². The Balaban J connectivity index is 1.53. The smallest absolute Gasteiger partial charge is 0.225 e. The summed E-state index contributed by atoms with van der Waals surface area (Å²) in [5.74, 6) is 0.819. The summed E-state index contributed by atoms with van der Waals surface area (Å²) in [5, 5.41) is 3.38. The Kier molecular flexibility index (Phi) is 2.86. The molecule has 90 valence electrons. The van der Waals surface area contributed by atoms with Gasteiger partial charge in [0.1, 0.15) is 0 Å². The van der Waals surface area contributed by atoms with E-state index in [1.165, 1.54) is 6.42 Å². The van der Waals surface area contributed by atoms with E-state index in [4.69, 9.17) is 0 Å². The fourth-order valence-corrected chi connectivity index (χ4v) is 2.88. The molecule has 0 aromatic heterocycles. The Labute approximate surface area is 97.0 Å². The Hall–Kier alpha value is -0.610. The third kappa shape index (κ3) is 2.09. The topological polar surface area (TPSA) is 35.6 Å². The van der Waals surface area contributed by atoms with Crippen molar-refractivity contribution in [2.24, 2.45) is 5.92 Å². The molecule has 1 unspecified atom stereocenters. The molecule has 2 heterocycles. The van der Waals surface area contributed by atoms with Crippen LogP contribution in [0, 0.1) is 5.92 Å². The van der Waals surface area contributed by atoms with Gasteiger partial charge in [-0.05, 0) is 19.3 Å². The molecule has 2 aliphatic heterocycles. The van der Waals surface area contributed by atoms with Gasteiger partial charge in [-0.2, -0.15) is 0 Å². The van der Waals surface area contributed by atoms with Crippen molar-refractivity contribution in [1.29, 1.82) is 0 Å². The molecule has 0 radical (unpaired) electrons. The van der Waals surface area contributed by atoms with Gasteiger partial charge in [-0.15, -0.1) is 0 Å². The van der Waals surface area contributed by atoms with Gasteiger partial charge >= 0.3 is 0 Å². The molecule has 0 bridgehead atoms. The number of likely N-dealkylation sites (tertiary alicyclic amines) is 1. The minimum absolute atomic E-state index is 0.391. The SMILES string of the molecule is O=C(C1CC1)N1CCC(N2CCNCC2)C1. The molecule has 0 aromatic rings. The van der Waals surface area contributed by atoms with Crippen LogP contribution in [-0.2, 0) is 4.79 Å². The van der Waals surface area contributed by atoms with Crippen LogP contribution in [0.3, 0.4) is 0 Å². The van der Waals surface area contributed by atoms with Crippen LogP contribution in [0.2, 0.25) is 0 Å². The van der Waals surface area contributed by atoms with Gasteiger partial charge in [0, 0.05) is 51.2 Å². The zero-order chi connectivity index (χ0) is 11.0. The lowest BCUT2D eigenvalue weighted by Crippen LogP contribution is -2.49. The quantitative estimate of drug-likeness (QED) is 0.710. The summed E-state index contributed by atoms with van der Waals surface area (Å²) < 4.78 is 0. The highest BCUT2D eigenvalue weighted by atomic mass is 16.2. The summed E-state index contributed by atoms with van der Waals surface area (Å²) in [6.07, 6.45) is 3.44. The Bertz CT molecular complexity index is 271. The maximum Gasteiger partial charge on any atom is 0.225 e.